The van der Waals surface area contributed by atoms with Crippen LogP contribution in [-0.4, -0.2) is 11.0 Å². The number of hydrogen-bond donors (Lipinski definition) is 1. The molecule has 0 aromatic heterocycles. The third-order valence-electron chi connectivity index (χ3n) is 1.91. The van der Waals surface area contributed by atoms with E-state index in [1.165, 1.54) is 12.1 Å². The summed E-state index contributed by atoms with van der Waals surface area (Å²) in [5.41, 5.74) is 6.95. The fourth-order valence-electron chi connectivity index (χ4n) is 1.10. The third kappa shape index (κ3) is 3.68. The molecule has 3 heteroatoms. The Balaban J connectivity index is 2.52. The second kappa shape index (κ2) is 5.37. The van der Waals surface area contributed by atoms with Gasteiger partial charge >= 0.3 is 0 Å². The van der Waals surface area contributed by atoms with E-state index in [9.17, 15) is 4.39 Å². The fourth-order valence-corrected chi connectivity index (χ4v) is 1.89. The predicted molar refractivity (Wildman–Crippen MR) is 60.9 cm³/mol. The molecule has 0 aliphatic rings. The molecule has 1 aromatic rings. The highest BCUT2D eigenvalue weighted by atomic mass is 32.2. The van der Waals surface area contributed by atoms with Crippen molar-refractivity contribution >= 4 is 11.8 Å². The molecule has 0 amide bonds. The Hall–Kier alpha value is -0.540. The first kappa shape index (κ1) is 11.5. The maximum Gasteiger partial charge on any atom is 0.123 e. The highest BCUT2D eigenvalue weighted by Gasteiger charge is 2.06. The Bertz CT molecular complexity index is 271. The molecule has 0 spiro atoms. The van der Waals surface area contributed by atoms with Crippen LogP contribution in [0.5, 0.6) is 0 Å². The van der Waals surface area contributed by atoms with Crippen molar-refractivity contribution in [2.45, 2.75) is 25.1 Å². The van der Waals surface area contributed by atoms with Crippen LogP contribution in [0.4, 0.5) is 4.39 Å². The molecule has 2 N–H and O–H groups in total. The molecule has 0 aliphatic carbocycles. The van der Waals surface area contributed by atoms with Gasteiger partial charge in [0.2, 0.25) is 0 Å². The molecule has 0 saturated heterocycles. The maximum atomic E-state index is 12.6. The van der Waals surface area contributed by atoms with E-state index >= 15 is 0 Å². The smallest absolute Gasteiger partial charge is 0.123 e. The van der Waals surface area contributed by atoms with E-state index in [0.29, 0.717) is 5.25 Å². The van der Waals surface area contributed by atoms with Crippen LogP contribution < -0.4 is 5.73 Å². The maximum absolute atomic E-state index is 12.6. The van der Waals surface area contributed by atoms with Gasteiger partial charge in [0.15, 0.2) is 0 Å². The Labute approximate surface area is 88.9 Å². The lowest BCUT2D eigenvalue weighted by Crippen LogP contribution is -2.14. The van der Waals surface area contributed by atoms with Gasteiger partial charge < -0.3 is 5.73 Å². The van der Waals surface area contributed by atoms with E-state index in [1.807, 2.05) is 11.8 Å². The summed E-state index contributed by atoms with van der Waals surface area (Å²) in [7, 11) is 0. The zero-order valence-electron chi connectivity index (χ0n) is 8.53. The SMILES string of the molecule is CC(C)SCC(N)c1ccc(F)cc1. The van der Waals surface area contributed by atoms with Crippen LogP contribution in [-0.2, 0) is 0 Å². The predicted octanol–water partition coefficient (Wildman–Crippen LogP) is 2.97. The molecular weight excluding hydrogens is 197 g/mol. The Morgan fingerprint density at radius 2 is 1.86 bits per heavy atom. The van der Waals surface area contributed by atoms with Gasteiger partial charge in [-0.3, -0.25) is 0 Å². The van der Waals surface area contributed by atoms with Gasteiger partial charge in [-0.1, -0.05) is 26.0 Å². The molecule has 0 aliphatic heterocycles. The summed E-state index contributed by atoms with van der Waals surface area (Å²) in [6.07, 6.45) is 0. The largest absolute Gasteiger partial charge is 0.323 e. The number of benzene rings is 1. The van der Waals surface area contributed by atoms with Crippen LogP contribution in [0.25, 0.3) is 0 Å². The van der Waals surface area contributed by atoms with Crippen molar-refractivity contribution in [1.29, 1.82) is 0 Å². The standard InChI is InChI=1S/C11H16FNS/c1-8(2)14-7-11(13)9-3-5-10(12)6-4-9/h3-6,8,11H,7,13H2,1-2H3. The van der Waals surface area contributed by atoms with E-state index in [-0.39, 0.29) is 11.9 Å². The lowest BCUT2D eigenvalue weighted by Gasteiger charge is -2.13. The van der Waals surface area contributed by atoms with Crippen molar-refractivity contribution in [1.82, 2.24) is 0 Å². The second-order valence-electron chi connectivity index (χ2n) is 3.54. The normalized spacial score (nSPS) is 13.2. The van der Waals surface area contributed by atoms with Gasteiger partial charge in [0, 0.05) is 11.8 Å². The average Bonchev–Trinajstić information content (AvgIpc) is 2.15. The first-order valence-electron chi connectivity index (χ1n) is 4.72. The van der Waals surface area contributed by atoms with Crippen LogP contribution in [0, 0.1) is 5.82 Å². The zero-order valence-corrected chi connectivity index (χ0v) is 9.35. The first-order chi connectivity index (χ1) is 6.59. The third-order valence-corrected chi connectivity index (χ3v) is 3.13. The van der Waals surface area contributed by atoms with E-state index < -0.39 is 0 Å². The van der Waals surface area contributed by atoms with E-state index in [0.717, 1.165) is 11.3 Å². The molecule has 1 aromatic carbocycles. The summed E-state index contributed by atoms with van der Waals surface area (Å²) in [5.74, 6) is 0.668. The minimum absolute atomic E-state index is 0.00278. The van der Waals surface area contributed by atoms with Crippen molar-refractivity contribution in [2.75, 3.05) is 5.75 Å². The second-order valence-corrected chi connectivity index (χ2v) is 5.15. The summed E-state index contributed by atoms with van der Waals surface area (Å²) in [6, 6.07) is 6.41. The van der Waals surface area contributed by atoms with E-state index in [4.69, 9.17) is 5.73 Å². The summed E-state index contributed by atoms with van der Waals surface area (Å²) in [5, 5.41) is 0.585. The molecule has 1 unspecified atom stereocenters. The van der Waals surface area contributed by atoms with Gasteiger partial charge in [0.05, 0.1) is 0 Å². The number of nitrogens with two attached hydrogens (primary N) is 1. The van der Waals surface area contributed by atoms with Gasteiger partial charge in [-0.2, -0.15) is 11.8 Å². The Kier molecular flexibility index (Phi) is 4.42. The molecule has 14 heavy (non-hydrogen) atoms. The summed E-state index contributed by atoms with van der Waals surface area (Å²) < 4.78 is 12.6. The van der Waals surface area contributed by atoms with Crippen LogP contribution >= 0.6 is 11.8 Å². The number of thioether (sulfide) groups is 1. The Morgan fingerprint density at radius 3 is 2.36 bits per heavy atom. The average molecular weight is 213 g/mol. The number of hydrogen-bond acceptors (Lipinski definition) is 2. The molecule has 78 valence electrons. The van der Waals surface area contributed by atoms with Crippen molar-refractivity contribution < 1.29 is 4.39 Å². The van der Waals surface area contributed by atoms with Crippen LogP contribution in [0.15, 0.2) is 24.3 Å². The fraction of sp³-hybridized carbons (Fsp3) is 0.455. The molecule has 0 bridgehead atoms. The molecule has 0 fully saturated rings. The molecule has 0 radical (unpaired) electrons. The van der Waals surface area contributed by atoms with Gasteiger partial charge in [-0.25, -0.2) is 4.39 Å². The molecule has 1 nitrogen and oxygen atoms in total. The minimum Gasteiger partial charge on any atom is -0.323 e. The van der Waals surface area contributed by atoms with Crippen molar-refractivity contribution in [3.63, 3.8) is 0 Å². The summed E-state index contributed by atoms with van der Waals surface area (Å²) in [6.45, 7) is 4.28. The molecule has 0 heterocycles. The summed E-state index contributed by atoms with van der Waals surface area (Å²) >= 11 is 1.82. The molecule has 1 rings (SSSR count). The summed E-state index contributed by atoms with van der Waals surface area (Å²) in [4.78, 5) is 0. The topological polar surface area (TPSA) is 26.0 Å². The minimum atomic E-state index is -0.211. The Morgan fingerprint density at radius 1 is 1.29 bits per heavy atom. The quantitative estimate of drug-likeness (QED) is 0.832. The van der Waals surface area contributed by atoms with Crippen LogP contribution in [0.1, 0.15) is 25.5 Å². The van der Waals surface area contributed by atoms with E-state index in [1.54, 1.807) is 12.1 Å². The number of halogens is 1. The van der Waals surface area contributed by atoms with Crippen molar-refractivity contribution in [2.24, 2.45) is 5.73 Å². The van der Waals surface area contributed by atoms with Crippen molar-refractivity contribution in [3.05, 3.63) is 35.6 Å². The van der Waals surface area contributed by atoms with Crippen molar-refractivity contribution in [3.8, 4) is 0 Å². The molecule has 0 saturated carbocycles. The van der Waals surface area contributed by atoms with Gasteiger partial charge in [-0.15, -0.1) is 0 Å². The first-order valence-corrected chi connectivity index (χ1v) is 5.77. The van der Waals surface area contributed by atoms with Crippen LogP contribution in [0.2, 0.25) is 0 Å². The van der Waals surface area contributed by atoms with Gasteiger partial charge in [0.1, 0.15) is 5.82 Å². The van der Waals surface area contributed by atoms with Gasteiger partial charge in [-0.05, 0) is 22.9 Å². The molecule has 1 atom stereocenters. The highest BCUT2D eigenvalue weighted by molar-refractivity contribution is 7.99. The van der Waals surface area contributed by atoms with Gasteiger partial charge in [0.25, 0.3) is 0 Å². The lowest BCUT2D eigenvalue weighted by atomic mass is 10.1. The highest BCUT2D eigenvalue weighted by Crippen LogP contribution is 2.19. The van der Waals surface area contributed by atoms with E-state index in [2.05, 4.69) is 13.8 Å². The zero-order chi connectivity index (χ0) is 10.6. The lowest BCUT2D eigenvalue weighted by molar-refractivity contribution is 0.626. The molecular formula is C11H16FNS. The number of rotatable bonds is 4. The van der Waals surface area contributed by atoms with Crippen LogP contribution in [0.3, 0.4) is 0 Å². The monoisotopic (exact) mass is 213 g/mol.